The van der Waals surface area contributed by atoms with E-state index in [-0.39, 0.29) is 0 Å². The van der Waals surface area contributed by atoms with Gasteiger partial charge < -0.3 is 5.32 Å². The number of nitrogens with one attached hydrogen (secondary N) is 1. The fraction of sp³-hybridized carbons (Fsp3) is 0.538. The minimum Gasteiger partial charge on any atom is -0.313 e. The summed E-state index contributed by atoms with van der Waals surface area (Å²) >= 11 is 5.48. The number of halogens is 1. The third-order valence-electron chi connectivity index (χ3n) is 2.45. The number of benzene rings is 1. The summed E-state index contributed by atoms with van der Waals surface area (Å²) in [6.07, 6.45) is 0. The zero-order valence-electron chi connectivity index (χ0n) is 10.4. The number of thioether (sulfide) groups is 1. The molecule has 0 bridgehead atoms. The zero-order chi connectivity index (χ0) is 12.1. The van der Waals surface area contributed by atoms with Gasteiger partial charge in [0, 0.05) is 21.2 Å². The van der Waals surface area contributed by atoms with Crippen LogP contribution in [0, 0.1) is 5.92 Å². The molecule has 0 amide bonds. The Labute approximate surface area is 112 Å². The van der Waals surface area contributed by atoms with E-state index in [1.54, 1.807) is 0 Å². The van der Waals surface area contributed by atoms with Crippen molar-refractivity contribution in [1.29, 1.82) is 0 Å². The molecule has 16 heavy (non-hydrogen) atoms. The van der Waals surface area contributed by atoms with Crippen LogP contribution in [0.3, 0.4) is 0 Å². The molecule has 1 atom stereocenters. The van der Waals surface area contributed by atoms with Gasteiger partial charge in [-0.2, -0.15) is 0 Å². The molecule has 0 aliphatic carbocycles. The van der Waals surface area contributed by atoms with Gasteiger partial charge in [-0.3, -0.25) is 0 Å². The van der Waals surface area contributed by atoms with Crippen LogP contribution in [0.1, 0.15) is 32.4 Å². The maximum absolute atomic E-state index is 3.54. The molecular weight excluding hydrogens is 282 g/mol. The first-order valence-electron chi connectivity index (χ1n) is 5.64. The maximum Gasteiger partial charge on any atom is 0.0300 e. The van der Waals surface area contributed by atoms with Crippen molar-refractivity contribution < 1.29 is 0 Å². The monoisotopic (exact) mass is 301 g/mol. The fourth-order valence-electron chi connectivity index (χ4n) is 1.40. The van der Waals surface area contributed by atoms with Gasteiger partial charge in [0.25, 0.3) is 0 Å². The Balaban J connectivity index is 2.89. The maximum atomic E-state index is 3.54. The molecule has 0 saturated carbocycles. The summed E-state index contributed by atoms with van der Waals surface area (Å²) in [5, 5.41) is 3.30. The van der Waals surface area contributed by atoms with E-state index in [4.69, 9.17) is 0 Å². The van der Waals surface area contributed by atoms with Crippen molar-refractivity contribution >= 4 is 27.7 Å². The van der Waals surface area contributed by atoms with Crippen molar-refractivity contribution in [2.75, 3.05) is 12.8 Å². The Hall–Kier alpha value is 0.01000. The Kier molecular flexibility index (Phi) is 5.87. The normalized spacial score (nSPS) is 13.1. The van der Waals surface area contributed by atoms with Gasteiger partial charge in [0.1, 0.15) is 0 Å². The van der Waals surface area contributed by atoms with Crippen molar-refractivity contribution in [1.82, 2.24) is 5.32 Å². The van der Waals surface area contributed by atoms with Gasteiger partial charge >= 0.3 is 0 Å². The lowest BCUT2D eigenvalue weighted by atomic mass is 10.1. The van der Waals surface area contributed by atoms with Crippen LogP contribution in [0.15, 0.2) is 27.6 Å². The number of hydrogen-bond donors (Lipinski definition) is 1. The molecule has 0 aliphatic heterocycles. The van der Waals surface area contributed by atoms with Crippen LogP contribution in [0.4, 0.5) is 0 Å². The van der Waals surface area contributed by atoms with Crippen LogP contribution in [0.2, 0.25) is 0 Å². The van der Waals surface area contributed by atoms with Crippen molar-refractivity contribution in [2.45, 2.75) is 31.7 Å². The van der Waals surface area contributed by atoms with E-state index < -0.39 is 0 Å². The molecule has 1 unspecified atom stereocenters. The second kappa shape index (κ2) is 6.67. The molecule has 90 valence electrons. The largest absolute Gasteiger partial charge is 0.313 e. The summed E-state index contributed by atoms with van der Waals surface area (Å²) in [4.78, 5) is 1.38. The lowest BCUT2D eigenvalue weighted by molar-refractivity contribution is 0.641. The van der Waals surface area contributed by atoms with Crippen molar-refractivity contribution in [2.24, 2.45) is 5.92 Å². The van der Waals surface area contributed by atoms with E-state index in [1.165, 1.54) is 16.2 Å². The third kappa shape index (κ3) is 4.11. The minimum absolute atomic E-state index is 0.405. The van der Waals surface area contributed by atoms with Gasteiger partial charge in [0.2, 0.25) is 0 Å². The van der Waals surface area contributed by atoms with Gasteiger partial charge in [0.15, 0.2) is 0 Å². The first-order valence-corrected chi connectivity index (χ1v) is 7.42. The molecule has 0 fully saturated rings. The second-order valence-corrected chi connectivity index (χ2v) is 6.37. The van der Waals surface area contributed by atoms with Crippen LogP contribution in [-0.2, 0) is 0 Å². The Morgan fingerprint density at radius 1 is 1.31 bits per heavy atom. The summed E-state index contributed by atoms with van der Waals surface area (Å²) in [5.41, 5.74) is 1.39. The van der Waals surface area contributed by atoms with E-state index in [2.05, 4.69) is 60.2 Å². The van der Waals surface area contributed by atoms with Crippen LogP contribution >= 0.6 is 27.7 Å². The third-order valence-corrected chi connectivity index (χ3v) is 4.44. The molecule has 0 saturated heterocycles. The summed E-state index contributed by atoms with van der Waals surface area (Å²) in [6, 6.07) is 6.94. The van der Waals surface area contributed by atoms with E-state index >= 15 is 0 Å². The molecule has 0 aliphatic rings. The number of rotatable bonds is 5. The molecule has 1 aromatic rings. The quantitative estimate of drug-likeness (QED) is 0.805. The summed E-state index contributed by atoms with van der Waals surface area (Å²) < 4.78 is 1.16. The van der Waals surface area contributed by atoms with E-state index in [0.717, 1.165) is 10.4 Å². The molecule has 1 rings (SSSR count). The first kappa shape index (κ1) is 14.1. The van der Waals surface area contributed by atoms with E-state index in [1.807, 2.05) is 18.8 Å². The highest BCUT2D eigenvalue weighted by Gasteiger charge is 2.10. The standard InChI is InChI=1S/C13H20BrNS/c1-9(2)8-16-13-7-11(14)5-6-12(13)10(3)15-4/h5-7,9-10,15H,8H2,1-4H3. The van der Waals surface area contributed by atoms with Crippen LogP contribution in [0.25, 0.3) is 0 Å². The molecule has 0 spiro atoms. The minimum atomic E-state index is 0.405. The average Bonchev–Trinajstić information content (AvgIpc) is 2.25. The van der Waals surface area contributed by atoms with Crippen molar-refractivity contribution in [3.05, 3.63) is 28.2 Å². The highest BCUT2D eigenvalue weighted by Crippen LogP contribution is 2.31. The number of hydrogen-bond acceptors (Lipinski definition) is 2. The average molecular weight is 302 g/mol. The summed E-state index contributed by atoms with van der Waals surface area (Å²) in [5.74, 6) is 1.89. The van der Waals surface area contributed by atoms with E-state index in [0.29, 0.717) is 6.04 Å². The van der Waals surface area contributed by atoms with Gasteiger partial charge in [-0.25, -0.2) is 0 Å². The van der Waals surface area contributed by atoms with Gasteiger partial charge in [-0.1, -0.05) is 35.8 Å². The molecule has 1 aromatic carbocycles. The fourth-order valence-corrected chi connectivity index (χ4v) is 3.05. The van der Waals surface area contributed by atoms with Crippen LogP contribution in [0.5, 0.6) is 0 Å². The Bertz CT molecular complexity index is 339. The molecule has 0 radical (unpaired) electrons. The smallest absolute Gasteiger partial charge is 0.0300 e. The van der Waals surface area contributed by atoms with Crippen molar-refractivity contribution in [3.8, 4) is 0 Å². The molecule has 1 nitrogen and oxygen atoms in total. The predicted octanol–water partition coefficient (Wildman–Crippen LogP) is 4.48. The summed E-state index contributed by atoms with van der Waals surface area (Å²) in [7, 11) is 2.00. The van der Waals surface area contributed by atoms with Gasteiger partial charge in [-0.15, -0.1) is 11.8 Å². The lowest BCUT2D eigenvalue weighted by Crippen LogP contribution is -2.13. The lowest BCUT2D eigenvalue weighted by Gasteiger charge is -2.16. The topological polar surface area (TPSA) is 12.0 Å². The Morgan fingerprint density at radius 3 is 2.56 bits per heavy atom. The van der Waals surface area contributed by atoms with Gasteiger partial charge in [0.05, 0.1) is 0 Å². The Morgan fingerprint density at radius 2 is 2.00 bits per heavy atom. The molecular formula is C13H20BrNS. The zero-order valence-corrected chi connectivity index (χ0v) is 12.8. The molecule has 0 heterocycles. The van der Waals surface area contributed by atoms with Crippen molar-refractivity contribution in [3.63, 3.8) is 0 Å². The van der Waals surface area contributed by atoms with Gasteiger partial charge in [-0.05, 0) is 37.6 Å². The van der Waals surface area contributed by atoms with E-state index in [9.17, 15) is 0 Å². The molecule has 3 heteroatoms. The van der Waals surface area contributed by atoms with Crippen LogP contribution < -0.4 is 5.32 Å². The second-order valence-electron chi connectivity index (χ2n) is 4.40. The van der Waals surface area contributed by atoms with Crippen LogP contribution in [-0.4, -0.2) is 12.8 Å². The molecule has 1 N–H and O–H groups in total. The molecule has 0 aromatic heterocycles. The first-order chi connectivity index (χ1) is 7.54. The highest BCUT2D eigenvalue weighted by atomic mass is 79.9. The predicted molar refractivity (Wildman–Crippen MR) is 77.2 cm³/mol. The highest BCUT2D eigenvalue weighted by molar-refractivity contribution is 9.10. The SMILES string of the molecule is CNC(C)c1ccc(Br)cc1SCC(C)C. The summed E-state index contributed by atoms with van der Waals surface area (Å²) in [6.45, 7) is 6.71.